The van der Waals surface area contributed by atoms with Gasteiger partial charge in [0.25, 0.3) is 0 Å². The molecular weight excluding hydrogens is 454 g/mol. The summed E-state index contributed by atoms with van der Waals surface area (Å²) in [6, 6.07) is 7.04. The first-order chi connectivity index (χ1) is 12.6. The molecular formula is C21H34FIN4. The van der Waals surface area contributed by atoms with Gasteiger partial charge in [0.05, 0.1) is 0 Å². The third kappa shape index (κ3) is 6.31. The van der Waals surface area contributed by atoms with Gasteiger partial charge in [-0.3, -0.25) is 4.99 Å². The normalized spacial score (nSPS) is 20.0. The third-order valence-corrected chi connectivity index (χ3v) is 5.91. The van der Waals surface area contributed by atoms with E-state index >= 15 is 0 Å². The van der Waals surface area contributed by atoms with Gasteiger partial charge < -0.3 is 15.5 Å². The van der Waals surface area contributed by atoms with E-state index in [0.29, 0.717) is 0 Å². The van der Waals surface area contributed by atoms with Crippen molar-refractivity contribution in [3.63, 3.8) is 0 Å². The van der Waals surface area contributed by atoms with Crippen LogP contribution in [0.3, 0.4) is 0 Å². The Labute approximate surface area is 180 Å². The molecule has 1 saturated heterocycles. The minimum atomic E-state index is -0.148. The summed E-state index contributed by atoms with van der Waals surface area (Å²) in [6.07, 6.45) is 5.98. The molecule has 1 aromatic carbocycles. The summed E-state index contributed by atoms with van der Waals surface area (Å²) >= 11 is 0. The zero-order chi connectivity index (χ0) is 18.4. The number of guanidine groups is 1. The highest BCUT2D eigenvalue weighted by atomic mass is 127. The first-order valence-corrected chi connectivity index (χ1v) is 10.1. The summed E-state index contributed by atoms with van der Waals surface area (Å²) in [5.74, 6) is 1.44. The number of nitrogens with zero attached hydrogens (tertiary/aromatic N) is 2. The van der Waals surface area contributed by atoms with Crippen LogP contribution in [0.2, 0.25) is 0 Å². The molecule has 1 saturated carbocycles. The number of nitrogens with one attached hydrogen (secondary N) is 2. The van der Waals surface area contributed by atoms with E-state index in [9.17, 15) is 4.39 Å². The van der Waals surface area contributed by atoms with Crippen molar-refractivity contribution in [3.05, 3.63) is 35.6 Å². The molecule has 0 atom stereocenters. The first kappa shape index (κ1) is 22.4. The second-order valence-corrected chi connectivity index (χ2v) is 7.88. The Hall–Kier alpha value is -0.890. The average Bonchev–Trinajstić information content (AvgIpc) is 3.45. The first-order valence-electron chi connectivity index (χ1n) is 10.1. The van der Waals surface area contributed by atoms with Gasteiger partial charge in [0.15, 0.2) is 5.96 Å². The number of piperidine rings is 1. The molecule has 0 bridgehead atoms. The van der Waals surface area contributed by atoms with Crippen LogP contribution >= 0.6 is 24.0 Å². The molecule has 0 spiro atoms. The molecule has 0 radical (unpaired) electrons. The fourth-order valence-corrected chi connectivity index (χ4v) is 3.98. The maximum Gasteiger partial charge on any atom is 0.191 e. The molecule has 3 rings (SSSR count). The topological polar surface area (TPSA) is 39.7 Å². The molecule has 4 nitrogen and oxygen atoms in total. The van der Waals surface area contributed by atoms with Gasteiger partial charge in [-0.05, 0) is 75.4 Å². The number of hydrogen-bond donors (Lipinski definition) is 2. The van der Waals surface area contributed by atoms with Crippen LogP contribution in [0, 0.1) is 11.7 Å². The average molecular weight is 488 g/mol. The van der Waals surface area contributed by atoms with Crippen molar-refractivity contribution in [1.29, 1.82) is 0 Å². The molecule has 0 aromatic heterocycles. The predicted octanol–water partition coefficient (Wildman–Crippen LogP) is 3.76. The highest BCUT2D eigenvalue weighted by Crippen LogP contribution is 2.47. The van der Waals surface area contributed by atoms with Crippen LogP contribution in [-0.4, -0.2) is 50.6 Å². The number of rotatable bonds is 7. The smallest absolute Gasteiger partial charge is 0.191 e. The minimum Gasteiger partial charge on any atom is -0.356 e. The molecule has 152 valence electrons. The maximum absolute atomic E-state index is 13.5. The van der Waals surface area contributed by atoms with Crippen LogP contribution in [0.1, 0.15) is 44.6 Å². The van der Waals surface area contributed by atoms with Crippen molar-refractivity contribution in [1.82, 2.24) is 15.5 Å². The number of halogens is 2. The lowest BCUT2D eigenvalue weighted by Crippen LogP contribution is -2.44. The van der Waals surface area contributed by atoms with E-state index < -0.39 is 0 Å². The molecule has 6 heteroatoms. The van der Waals surface area contributed by atoms with Crippen LogP contribution in [-0.2, 0) is 5.41 Å². The number of benzene rings is 1. The highest BCUT2D eigenvalue weighted by molar-refractivity contribution is 14.0. The Bertz CT molecular complexity index is 610. The Balaban J connectivity index is 0.00000261. The van der Waals surface area contributed by atoms with E-state index in [1.54, 1.807) is 6.07 Å². The van der Waals surface area contributed by atoms with Crippen molar-refractivity contribution in [3.8, 4) is 0 Å². The lowest BCUT2D eigenvalue weighted by Gasteiger charge is -2.32. The minimum absolute atomic E-state index is 0. The molecule has 1 heterocycles. The van der Waals surface area contributed by atoms with Crippen molar-refractivity contribution in [2.24, 2.45) is 10.9 Å². The summed E-state index contributed by atoms with van der Waals surface area (Å²) in [5, 5.41) is 6.96. The standard InChI is InChI=1S/C21H33FN4.HI/c1-3-11-26-12-7-17(8-13-26)15-24-20(23-2)25-16-21(9-10-21)18-5-4-6-19(22)14-18;/h4-6,14,17H,3,7-13,15-16H2,1-2H3,(H2,23,24,25);1H. The molecule has 1 aliphatic heterocycles. The molecule has 1 aliphatic carbocycles. The van der Waals surface area contributed by atoms with E-state index in [1.165, 1.54) is 45.0 Å². The summed E-state index contributed by atoms with van der Waals surface area (Å²) in [7, 11) is 1.82. The summed E-state index contributed by atoms with van der Waals surface area (Å²) in [6.45, 7) is 7.70. The molecule has 2 aliphatic rings. The Kier molecular flexibility index (Phi) is 8.79. The van der Waals surface area contributed by atoms with Gasteiger partial charge in [-0.25, -0.2) is 4.39 Å². The largest absolute Gasteiger partial charge is 0.356 e. The van der Waals surface area contributed by atoms with Crippen molar-refractivity contribution in [2.45, 2.75) is 44.4 Å². The second-order valence-electron chi connectivity index (χ2n) is 7.88. The molecule has 27 heavy (non-hydrogen) atoms. The van der Waals surface area contributed by atoms with Gasteiger partial charge >= 0.3 is 0 Å². The van der Waals surface area contributed by atoms with Crippen LogP contribution in [0.4, 0.5) is 4.39 Å². The zero-order valence-corrected chi connectivity index (χ0v) is 19.0. The van der Waals surface area contributed by atoms with E-state index in [0.717, 1.165) is 43.4 Å². The molecule has 0 unspecified atom stereocenters. The maximum atomic E-state index is 13.5. The van der Waals surface area contributed by atoms with E-state index in [4.69, 9.17) is 0 Å². The van der Waals surface area contributed by atoms with Crippen LogP contribution < -0.4 is 10.6 Å². The third-order valence-electron chi connectivity index (χ3n) is 5.91. The van der Waals surface area contributed by atoms with Crippen molar-refractivity contribution in [2.75, 3.05) is 39.8 Å². The van der Waals surface area contributed by atoms with Gasteiger partial charge in [-0.15, -0.1) is 24.0 Å². The highest BCUT2D eigenvalue weighted by Gasteiger charge is 2.44. The molecule has 1 aromatic rings. The van der Waals surface area contributed by atoms with Crippen LogP contribution in [0.25, 0.3) is 0 Å². The van der Waals surface area contributed by atoms with E-state index in [1.807, 2.05) is 19.2 Å². The van der Waals surface area contributed by atoms with Crippen LogP contribution in [0.5, 0.6) is 0 Å². The van der Waals surface area contributed by atoms with Gasteiger partial charge in [0.1, 0.15) is 5.82 Å². The Morgan fingerprint density at radius 3 is 2.59 bits per heavy atom. The molecule has 2 fully saturated rings. The molecule has 2 N–H and O–H groups in total. The van der Waals surface area contributed by atoms with Gasteiger partial charge in [0, 0.05) is 25.6 Å². The molecule has 0 amide bonds. The Morgan fingerprint density at radius 1 is 1.26 bits per heavy atom. The zero-order valence-electron chi connectivity index (χ0n) is 16.6. The number of likely N-dealkylation sites (tertiary alicyclic amines) is 1. The summed E-state index contributed by atoms with van der Waals surface area (Å²) in [5.41, 5.74) is 1.18. The van der Waals surface area contributed by atoms with Gasteiger partial charge in [-0.1, -0.05) is 19.1 Å². The summed E-state index contributed by atoms with van der Waals surface area (Å²) in [4.78, 5) is 6.94. The fraction of sp³-hybridized carbons (Fsp3) is 0.667. The lowest BCUT2D eigenvalue weighted by molar-refractivity contribution is 0.185. The quantitative estimate of drug-likeness (QED) is 0.349. The van der Waals surface area contributed by atoms with E-state index in [2.05, 4.69) is 27.4 Å². The van der Waals surface area contributed by atoms with Crippen molar-refractivity contribution < 1.29 is 4.39 Å². The Morgan fingerprint density at radius 2 is 2.00 bits per heavy atom. The monoisotopic (exact) mass is 488 g/mol. The fourth-order valence-electron chi connectivity index (χ4n) is 3.98. The second kappa shape index (κ2) is 10.6. The van der Waals surface area contributed by atoms with E-state index in [-0.39, 0.29) is 35.2 Å². The lowest BCUT2D eigenvalue weighted by atomic mass is 9.96. The SMILES string of the molecule is CCCN1CCC(CNC(=NC)NCC2(c3cccc(F)c3)CC2)CC1.I. The van der Waals surface area contributed by atoms with Gasteiger partial charge in [-0.2, -0.15) is 0 Å². The van der Waals surface area contributed by atoms with Gasteiger partial charge in [0.2, 0.25) is 0 Å². The summed E-state index contributed by atoms with van der Waals surface area (Å²) < 4.78 is 13.5. The van der Waals surface area contributed by atoms with Crippen molar-refractivity contribution >= 4 is 29.9 Å². The number of hydrogen-bond acceptors (Lipinski definition) is 2. The number of aliphatic imine (C=N–C) groups is 1. The van der Waals surface area contributed by atoms with Crippen LogP contribution in [0.15, 0.2) is 29.3 Å². The predicted molar refractivity (Wildman–Crippen MR) is 122 cm³/mol.